The van der Waals surface area contributed by atoms with Crippen molar-refractivity contribution in [2.75, 3.05) is 13.1 Å². The number of carbonyl (C=O) groups excluding carboxylic acids is 1. The number of piperidine rings is 1. The van der Waals surface area contributed by atoms with Crippen LogP contribution in [-0.2, 0) is 0 Å². The van der Waals surface area contributed by atoms with E-state index in [4.69, 9.17) is 0 Å². The molecule has 1 amide bonds. The Morgan fingerprint density at radius 2 is 1.86 bits per heavy atom. The molecule has 0 saturated carbocycles. The van der Waals surface area contributed by atoms with Gasteiger partial charge < -0.3 is 10.0 Å². The highest BCUT2D eigenvalue weighted by atomic mass is 32.1. The Balaban J connectivity index is 1.47. The van der Waals surface area contributed by atoms with Gasteiger partial charge in [0.1, 0.15) is 0 Å². The van der Waals surface area contributed by atoms with Gasteiger partial charge in [-0.15, -0.1) is 11.3 Å². The van der Waals surface area contributed by atoms with Crippen molar-refractivity contribution in [1.29, 1.82) is 0 Å². The van der Waals surface area contributed by atoms with Crippen LogP contribution in [0.25, 0.3) is 11.1 Å². The lowest BCUT2D eigenvalue weighted by molar-refractivity contribution is 0.0448. The summed E-state index contributed by atoms with van der Waals surface area (Å²) in [5, 5.41) is 12.6. The second kappa shape index (κ2) is 8.25. The topological polar surface area (TPSA) is 53.4 Å². The van der Waals surface area contributed by atoms with Crippen LogP contribution in [0.15, 0.2) is 60.1 Å². The molecule has 1 aliphatic rings. The van der Waals surface area contributed by atoms with Gasteiger partial charge in [-0.05, 0) is 43.4 Å². The van der Waals surface area contributed by atoms with Gasteiger partial charge in [0.2, 0.25) is 0 Å². The quantitative estimate of drug-likeness (QED) is 0.700. The molecule has 144 valence electrons. The lowest BCUT2D eigenvalue weighted by Crippen LogP contribution is -2.39. The third kappa shape index (κ3) is 3.73. The van der Waals surface area contributed by atoms with Crippen molar-refractivity contribution < 1.29 is 9.90 Å². The fraction of sp³-hybridized carbons (Fsp3) is 0.304. The zero-order valence-electron chi connectivity index (χ0n) is 15.9. The number of nitrogens with zero attached hydrogens (tertiary/aromatic N) is 2. The van der Waals surface area contributed by atoms with Gasteiger partial charge in [-0.2, -0.15) is 0 Å². The molecule has 4 nitrogen and oxygen atoms in total. The highest BCUT2D eigenvalue weighted by Gasteiger charge is 2.30. The fourth-order valence-electron chi connectivity index (χ4n) is 3.96. The van der Waals surface area contributed by atoms with Crippen LogP contribution in [0.4, 0.5) is 0 Å². The summed E-state index contributed by atoms with van der Waals surface area (Å²) < 4.78 is 0. The molecule has 1 fully saturated rings. The normalized spacial score (nSPS) is 16.1. The number of likely N-dealkylation sites (tertiary alicyclic amines) is 1. The van der Waals surface area contributed by atoms with Crippen LogP contribution in [0.5, 0.6) is 0 Å². The minimum atomic E-state index is -0.568. The van der Waals surface area contributed by atoms with Crippen molar-refractivity contribution in [2.24, 2.45) is 5.92 Å². The summed E-state index contributed by atoms with van der Waals surface area (Å²) >= 11 is 1.63. The highest BCUT2D eigenvalue weighted by Crippen LogP contribution is 2.35. The molecule has 0 spiro atoms. The molecule has 3 heterocycles. The van der Waals surface area contributed by atoms with Gasteiger partial charge in [-0.1, -0.05) is 36.4 Å². The monoisotopic (exact) mass is 392 g/mol. The van der Waals surface area contributed by atoms with Crippen LogP contribution in [0.1, 0.15) is 39.9 Å². The molecule has 1 unspecified atom stereocenters. The average Bonchev–Trinajstić information content (AvgIpc) is 3.15. The first kappa shape index (κ1) is 18.8. The van der Waals surface area contributed by atoms with Gasteiger partial charge in [-0.25, -0.2) is 0 Å². The molecule has 1 aromatic carbocycles. The fourth-order valence-corrected chi connectivity index (χ4v) is 4.82. The molecule has 3 aromatic rings. The van der Waals surface area contributed by atoms with Gasteiger partial charge in [0.05, 0.1) is 17.4 Å². The van der Waals surface area contributed by atoms with E-state index in [9.17, 15) is 9.90 Å². The lowest BCUT2D eigenvalue weighted by atomic mass is 9.89. The predicted octanol–water partition coefficient (Wildman–Crippen LogP) is 4.70. The number of hydrogen-bond acceptors (Lipinski definition) is 4. The van der Waals surface area contributed by atoms with Crippen molar-refractivity contribution in [2.45, 2.75) is 25.9 Å². The van der Waals surface area contributed by atoms with E-state index < -0.39 is 6.10 Å². The molecule has 1 aliphatic heterocycles. The van der Waals surface area contributed by atoms with Crippen molar-refractivity contribution in [1.82, 2.24) is 9.88 Å². The number of aromatic nitrogens is 1. The largest absolute Gasteiger partial charge is 0.387 e. The molecular formula is C23H24N2O2S. The van der Waals surface area contributed by atoms with Crippen LogP contribution in [0.3, 0.4) is 0 Å². The molecule has 1 atom stereocenters. The van der Waals surface area contributed by atoms with E-state index in [-0.39, 0.29) is 11.8 Å². The number of amides is 1. The Bertz CT molecular complexity index is 932. The average molecular weight is 393 g/mol. The Hall–Kier alpha value is -2.50. The summed E-state index contributed by atoms with van der Waals surface area (Å²) in [6.45, 7) is 3.40. The minimum Gasteiger partial charge on any atom is -0.387 e. The van der Waals surface area contributed by atoms with E-state index in [1.54, 1.807) is 17.5 Å². The second-order valence-electron chi connectivity index (χ2n) is 7.28. The number of hydrogen-bond donors (Lipinski definition) is 1. The zero-order valence-corrected chi connectivity index (χ0v) is 16.7. The van der Waals surface area contributed by atoms with E-state index >= 15 is 0 Å². The number of carbonyl (C=O) groups is 1. The summed E-state index contributed by atoms with van der Waals surface area (Å²) in [7, 11) is 0. The number of pyridine rings is 1. The smallest absolute Gasteiger partial charge is 0.255 e. The first-order valence-electron chi connectivity index (χ1n) is 9.67. The van der Waals surface area contributed by atoms with Crippen LogP contribution in [-0.4, -0.2) is 34.0 Å². The van der Waals surface area contributed by atoms with Gasteiger partial charge in [0.25, 0.3) is 5.91 Å². The Kier molecular flexibility index (Phi) is 5.55. The summed E-state index contributed by atoms with van der Waals surface area (Å²) in [4.78, 5) is 20.6. The number of benzene rings is 1. The molecule has 28 heavy (non-hydrogen) atoms. The maximum absolute atomic E-state index is 13.2. The number of rotatable bonds is 4. The minimum absolute atomic E-state index is 0.0916. The molecular weight excluding hydrogens is 368 g/mol. The molecule has 0 bridgehead atoms. The van der Waals surface area contributed by atoms with E-state index in [1.165, 1.54) is 0 Å². The van der Waals surface area contributed by atoms with E-state index in [0.717, 1.165) is 34.4 Å². The van der Waals surface area contributed by atoms with Gasteiger partial charge in [0, 0.05) is 35.1 Å². The Morgan fingerprint density at radius 1 is 1.14 bits per heavy atom. The molecule has 1 N–H and O–H groups in total. The van der Waals surface area contributed by atoms with E-state index in [0.29, 0.717) is 18.8 Å². The third-order valence-electron chi connectivity index (χ3n) is 5.53. The van der Waals surface area contributed by atoms with Gasteiger partial charge >= 0.3 is 0 Å². The number of aliphatic hydroxyl groups is 1. The van der Waals surface area contributed by atoms with Crippen molar-refractivity contribution in [3.63, 3.8) is 0 Å². The maximum atomic E-state index is 13.2. The van der Waals surface area contributed by atoms with E-state index in [1.807, 2.05) is 46.7 Å². The maximum Gasteiger partial charge on any atom is 0.255 e. The van der Waals surface area contributed by atoms with Gasteiger partial charge in [-0.3, -0.25) is 9.78 Å². The summed E-state index contributed by atoms with van der Waals surface area (Å²) in [5.74, 6) is 0.228. The summed E-state index contributed by atoms with van der Waals surface area (Å²) in [5.41, 5.74) is 3.64. The Morgan fingerprint density at radius 3 is 2.54 bits per heavy atom. The van der Waals surface area contributed by atoms with Crippen LogP contribution >= 0.6 is 11.3 Å². The SMILES string of the molecule is Cc1scc(C(=O)N2CCC(C(O)c3ccccn3)CC2)c1-c1ccccc1. The number of aliphatic hydroxyl groups excluding tert-OH is 1. The van der Waals surface area contributed by atoms with Crippen LogP contribution in [0, 0.1) is 12.8 Å². The third-order valence-corrected chi connectivity index (χ3v) is 6.44. The molecule has 0 aliphatic carbocycles. The number of aryl methyl sites for hydroxylation is 1. The lowest BCUT2D eigenvalue weighted by Gasteiger charge is -2.34. The van der Waals surface area contributed by atoms with Crippen molar-refractivity contribution >= 4 is 17.2 Å². The van der Waals surface area contributed by atoms with Gasteiger partial charge in [0.15, 0.2) is 0 Å². The first-order valence-corrected chi connectivity index (χ1v) is 10.5. The molecule has 5 heteroatoms. The standard InChI is InChI=1S/C23H24N2O2S/c1-16-21(17-7-3-2-4-8-17)19(15-28-16)23(27)25-13-10-18(11-14-25)22(26)20-9-5-6-12-24-20/h2-9,12,15,18,22,26H,10-11,13-14H2,1H3. The van der Waals surface area contributed by atoms with E-state index in [2.05, 4.69) is 24.0 Å². The van der Waals surface area contributed by atoms with Crippen LogP contribution < -0.4 is 0 Å². The molecule has 1 saturated heterocycles. The van der Waals surface area contributed by atoms with Crippen molar-refractivity contribution in [3.8, 4) is 11.1 Å². The second-order valence-corrected chi connectivity index (χ2v) is 8.36. The molecule has 4 rings (SSSR count). The number of thiophene rings is 1. The summed E-state index contributed by atoms with van der Waals surface area (Å²) in [6, 6.07) is 15.7. The Labute approximate surface area is 169 Å². The summed E-state index contributed by atoms with van der Waals surface area (Å²) in [6.07, 6.45) is 2.71. The zero-order chi connectivity index (χ0) is 19.5. The molecule has 2 aromatic heterocycles. The van der Waals surface area contributed by atoms with Crippen molar-refractivity contribution in [3.05, 3.63) is 76.2 Å². The highest BCUT2D eigenvalue weighted by molar-refractivity contribution is 7.10. The predicted molar refractivity (Wildman–Crippen MR) is 112 cm³/mol. The first-order chi connectivity index (χ1) is 13.6. The molecule has 0 radical (unpaired) electrons. The van der Waals surface area contributed by atoms with Crippen LogP contribution in [0.2, 0.25) is 0 Å².